The molecule has 27 heavy (non-hydrogen) atoms. The van der Waals surface area contributed by atoms with Crippen molar-refractivity contribution in [3.05, 3.63) is 51.6 Å². The highest BCUT2D eigenvalue weighted by Crippen LogP contribution is 2.31. The van der Waals surface area contributed by atoms with Crippen LogP contribution in [0.5, 0.6) is 0 Å². The van der Waals surface area contributed by atoms with Crippen LogP contribution in [-0.4, -0.2) is 21.9 Å². The molecule has 144 valence electrons. The first-order valence-electron chi connectivity index (χ1n) is 8.22. The summed E-state index contributed by atoms with van der Waals surface area (Å²) in [5.41, 5.74) is 2.61. The number of rotatable bonds is 3. The second kappa shape index (κ2) is 6.69. The van der Waals surface area contributed by atoms with Crippen LogP contribution in [0.3, 0.4) is 0 Å². The van der Waals surface area contributed by atoms with Crippen LogP contribution < -0.4 is 21.3 Å². The predicted molar refractivity (Wildman–Crippen MR) is 93.2 cm³/mol. The lowest BCUT2D eigenvalue weighted by Crippen LogP contribution is -2.47. The molecule has 0 saturated heterocycles. The molecule has 1 aromatic carbocycles. The van der Waals surface area contributed by atoms with E-state index in [1.807, 2.05) is 0 Å². The number of benzene rings is 1. The molecular weight excluding hydrogens is 363 g/mol. The molecule has 0 spiro atoms. The van der Waals surface area contributed by atoms with E-state index < -0.39 is 23.7 Å². The molecule has 0 radical (unpaired) electrons. The number of nitrogens with zero attached hydrogens (tertiary/aromatic N) is 2. The van der Waals surface area contributed by atoms with Crippen molar-refractivity contribution < 1.29 is 18.0 Å². The molecule has 3 N–H and O–H groups in total. The Hall–Kier alpha value is -2.88. The number of hydrogen-bond acceptors (Lipinski definition) is 5. The summed E-state index contributed by atoms with van der Waals surface area (Å²) in [5.74, 6) is 0.316. The Morgan fingerprint density at radius 2 is 1.93 bits per heavy atom. The summed E-state index contributed by atoms with van der Waals surface area (Å²) >= 11 is 0. The van der Waals surface area contributed by atoms with Gasteiger partial charge in [-0.2, -0.15) is 13.2 Å². The Morgan fingerprint density at radius 1 is 1.30 bits per heavy atom. The second-order valence-corrected chi connectivity index (χ2v) is 6.35. The van der Waals surface area contributed by atoms with Gasteiger partial charge in [0.15, 0.2) is 5.82 Å². The summed E-state index contributed by atoms with van der Waals surface area (Å²) in [6.07, 6.45) is -4.44. The van der Waals surface area contributed by atoms with Gasteiger partial charge in [0, 0.05) is 5.69 Å². The van der Waals surface area contributed by atoms with E-state index in [9.17, 15) is 22.8 Å². The average Bonchev–Trinajstić information content (AvgIpc) is 2.90. The molecule has 2 aromatic rings. The lowest BCUT2D eigenvalue weighted by Gasteiger charge is -2.25. The highest BCUT2D eigenvalue weighted by Gasteiger charge is 2.35. The third-order valence-corrected chi connectivity index (χ3v) is 4.29. The first-order valence-corrected chi connectivity index (χ1v) is 8.22. The number of carbonyl (C=O) groups is 1. The molecule has 0 bridgehead atoms. The molecule has 10 heteroatoms. The summed E-state index contributed by atoms with van der Waals surface area (Å²) in [6, 6.07) is 3.08. The molecule has 1 aromatic heterocycles. The van der Waals surface area contributed by atoms with Crippen LogP contribution in [0.25, 0.3) is 0 Å². The Morgan fingerprint density at radius 3 is 2.52 bits per heavy atom. The van der Waals surface area contributed by atoms with E-state index in [1.165, 1.54) is 17.1 Å². The monoisotopic (exact) mass is 381 g/mol. The number of amides is 1. The summed E-state index contributed by atoms with van der Waals surface area (Å²) in [5, 5.41) is 4.06. The quantitative estimate of drug-likeness (QED) is 0.760. The molecule has 0 saturated carbocycles. The normalized spacial score (nSPS) is 17.6. The molecule has 0 aliphatic carbocycles. The third-order valence-electron chi connectivity index (χ3n) is 4.29. The van der Waals surface area contributed by atoms with Crippen molar-refractivity contribution in [1.82, 2.24) is 15.4 Å². The van der Waals surface area contributed by atoms with Crippen LogP contribution in [-0.2, 0) is 11.0 Å². The Bertz CT molecular complexity index is 924. The van der Waals surface area contributed by atoms with Gasteiger partial charge in [-0.25, -0.2) is 10.4 Å². The van der Waals surface area contributed by atoms with Gasteiger partial charge in [0.2, 0.25) is 5.91 Å². The lowest BCUT2D eigenvalue weighted by molar-refractivity contribution is -0.137. The minimum atomic E-state index is -4.44. The number of aromatic amines is 1. The number of anilines is 2. The van der Waals surface area contributed by atoms with Crippen LogP contribution >= 0.6 is 0 Å². The van der Waals surface area contributed by atoms with Crippen LogP contribution in [0, 0.1) is 6.92 Å². The molecule has 1 aliphatic rings. The SMILES string of the molecule is Cc1nc2c(c(=O)[nH]1)C(C)NN2C(C)C(=O)Nc1ccc(C(F)(F)F)cc1. The number of halogens is 3. The molecule has 0 fully saturated rings. The number of hydrogen-bond donors (Lipinski definition) is 3. The number of aromatic nitrogens is 2. The summed E-state index contributed by atoms with van der Waals surface area (Å²) < 4.78 is 37.9. The number of aryl methyl sites for hydroxylation is 1. The molecule has 1 aliphatic heterocycles. The number of H-pyrrole nitrogens is 1. The van der Waals surface area contributed by atoms with Crippen molar-refractivity contribution >= 4 is 17.4 Å². The molecule has 3 rings (SSSR count). The lowest BCUT2D eigenvalue weighted by atomic mass is 10.2. The largest absolute Gasteiger partial charge is 0.416 e. The molecule has 7 nitrogen and oxygen atoms in total. The number of nitrogens with one attached hydrogen (secondary N) is 3. The maximum atomic E-state index is 12.6. The Labute approximate surface area is 152 Å². The zero-order chi connectivity index (χ0) is 19.9. The number of hydrazine groups is 1. The van der Waals surface area contributed by atoms with Gasteiger partial charge in [-0.3, -0.25) is 14.6 Å². The maximum absolute atomic E-state index is 12.6. The van der Waals surface area contributed by atoms with Crippen molar-refractivity contribution in [2.75, 3.05) is 10.3 Å². The molecular formula is C17H18F3N5O2. The summed E-state index contributed by atoms with van der Waals surface area (Å²) in [6.45, 7) is 5.01. The first kappa shape index (κ1) is 18.9. The van der Waals surface area contributed by atoms with Gasteiger partial charge in [-0.1, -0.05) is 0 Å². The molecule has 2 atom stereocenters. The van der Waals surface area contributed by atoms with Crippen molar-refractivity contribution in [3.8, 4) is 0 Å². The van der Waals surface area contributed by atoms with E-state index >= 15 is 0 Å². The highest BCUT2D eigenvalue weighted by molar-refractivity contribution is 5.96. The van der Waals surface area contributed by atoms with Gasteiger partial charge < -0.3 is 10.3 Å². The van der Waals surface area contributed by atoms with Gasteiger partial charge in [0.25, 0.3) is 5.56 Å². The molecule has 1 amide bonds. The van der Waals surface area contributed by atoms with Gasteiger partial charge in [0.05, 0.1) is 17.2 Å². The number of fused-ring (bicyclic) bond motifs is 1. The number of alkyl halides is 3. The minimum absolute atomic E-state index is 0.238. The summed E-state index contributed by atoms with van der Waals surface area (Å²) in [4.78, 5) is 31.6. The zero-order valence-electron chi connectivity index (χ0n) is 14.8. The van der Waals surface area contributed by atoms with E-state index in [1.54, 1.807) is 20.8 Å². The first-order chi connectivity index (χ1) is 12.6. The van der Waals surface area contributed by atoms with Crippen LogP contribution in [0.4, 0.5) is 24.7 Å². The van der Waals surface area contributed by atoms with Crippen molar-refractivity contribution in [2.24, 2.45) is 0 Å². The molecule has 2 unspecified atom stereocenters. The van der Waals surface area contributed by atoms with Gasteiger partial charge >= 0.3 is 6.18 Å². The number of carbonyl (C=O) groups excluding carboxylic acids is 1. The second-order valence-electron chi connectivity index (χ2n) is 6.35. The van der Waals surface area contributed by atoms with Crippen molar-refractivity contribution in [1.29, 1.82) is 0 Å². The van der Waals surface area contributed by atoms with Gasteiger partial charge in [-0.15, -0.1) is 0 Å². The van der Waals surface area contributed by atoms with Crippen LogP contribution in [0.2, 0.25) is 0 Å². The smallest absolute Gasteiger partial charge is 0.324 e. The van der Waals surface area contributed by atoms with E-state index in [4.69, 9.17) is 0 Å². The standard InChI is InChI=1S/C17H18F3N5O2/c1-8-13-14(21-10(3)22-16(13)27)25(24-8)9(2)15(26)23-12-6-4-11(5-7-12)17(18,19)20/h4-9,24H,1-3H3,(H,23,26)(H,21,22,27). The zero-order valence-corrected chi connectivity index (χ0v) is 14.8. The van der Waals surface area contributed by atoms with Crippen LogP contribution in [0.1, 0.15) is 36.8 Å². The Kier molecular flexibility index (Phi) is 4.68. The highest BCUT2D eigenvalue weighted by atomic mass is 19.4. The molecule has 2 heterocycles. The van der Waals surface area contributed by atoms with E-state index in [2.05, 4.69) is 20.7 Å². The van der Waals surface area contributed by atoms with Crippen molar-refractivity contribution in [3.63, 3.8) is 0 Å². The van der Waals surface area contributed by atoms with E-state index in [0.717, 1.165) is 12.1 Å². The fraction of sp³-hybridized carbons (Fsp3) is 0.353. The Balaban J connectivity index is 1.78. The van der Waals surface area contributed by atoms with Crippen molar-refractivity contribution in [2.45, 2.75) is 39.0 Å². The fourth-order valence-corrected chi connectivity index (χ4v) is 2.89. The fourth-order valence-electron chi connectivity index (χ4n) is 2.89. The topological polar surface area (TPSA) is 90.1 Å². The summed E-state index contributed by atoms with van der Waals surface area (Å²) in [7, 11) is 0. The van der Waals surface area contributed by atoms with Gasteiger partial charge in [-0.05, 0) is 45.0 Å². The van der Waals surface area contributed by atoms with E-state index in [-0.39, 0.29) is 17.3 Å². The maximum Gasteiger partial charge on any atom is 0.416 e. The van der Waals surface area contributed by atoms with E-state index in [0.29, 0.717) is 17.2 Å². The predicted octanol–water partition coefficient (Wildman–Crippen LogP) is 2.51. The minimum Gasteiger partial charge on any atom is -0.324 e. The third kappa shape index (κ3) is 3.65. The average molecular weight is 381 g/mol. The van der Waals surface area contributed by atoms with Crippen LogP contribution in [0.15, 0.2) is 29.1 Å². The van der Waals surface area contributed by atoms with Gasteiger partial charge in [0.1, 0.15) is 11.9 Å².